The van der Waals surface area contributed by atoms with Gasteiger partial charge in [0.15, 0.2) is 5.75 Å². The van der Waals surface area contributed by atoms with Gasteiger partial charge in [0.1, 0.15) is 11.4 Å². The van der Waals surface area contributed by atoms with Crippen molar-refractivity contribution in [1.82, 2.24) is 5.32 Å². The number of nitro benzene ring substituents is 1. The minimum absolute atomic E-state index is 0.101. The van der Waals surface area contributed by atoms with E-state index in [9.17, 15) is 20.3 Å². The van der Waals surface area contributed by atoms with Crippen molar-refractivity contribution in [2.45, 2.75) is 19.1 Å². The first-order valence-corrected chi connectivity index (χ1v) is 6.82. The zero-order valence-electron chi connectivity index (χ0n) is 11.7. The lowest BCUT2D eigenvalue weighted by atomic mass is 10.0. The maximum absolute atomic E-state index is 10.8. The molecular formula is C14H15ClN2O5. The van der Waals surface area contributed by atoms with E-state index in [0.29, 0.717) is 5.76 Å². The number of aliphatic hydroxyl groups is 1. The topological polar surface area (TPSA) is 109 Å². The van der Waals surface area contributed by atoms with Gasteiger partial charge in [-0.1, -0.05) is 11.6 Å². The predicted octanol–water partition coefficient (Wildman–Crippen LogP) is 2.54. The van der Waals surface area contributed by atoms with Crippen molar-refractivity contribution in [3.63, 3.8) is 0 Å². The second-order valence-electron chi connectivity index (χ2n) is 5.04. The molecule has 0 aliphatic carbocycles. The zero-order valence-corrected chi connectivity index (χ0v) is 12.5. The van der Waals surface area contributed by atoms with Crippen LogP contribution in [0.1, 0.15) is 18.2 Å². The molecule has 0 saturated heterocycles. The molecule has 0 bridgehead atoms. The fraction of sp³-hybridized carbons (Fsp3) is 0.286. The Labute approximate surface area is 131 Å². The highest BCUT2D eigenvalue weighted by atomic mass is 35.5. The third-order valence-corrected chi connectivity index (χ3v) is 3.39. The average Bonchev–Trinajstić information content (AvgIpc) is 2.96. The zero-order chi connectivity index (χ0) is 16.3. The van der Waals surface area contributed by atoms with Crippen LogP contribution in [0.25, 0.3) is 0 Å². The molecule has 1 atom stereocenters. The summed E-state index contributed by atoms with van der Waals surface area (Å²) in [4.78, 5) is 10.1. The molecule has 1 aromatic heterocycles. The largest absolute Gasteiger partial charge is 0.502 e. The fourth-order valence-electron chi connectivity index (χ4n) is 2.03. The molecule has 0 radical (unpaired) electrons. The normalized spacial score (nSPS) is 13.8. The van der Waals surface area contributed by atoms with E-state index in [1.807, 2.05) is 0 Å². The summed E-state index contributed by atoms with van der Waals surface area (Å²) < 4.78 is 5.14. The summed E-state index contributed by atoms with van der Waals surface area (Å²) >= 11 is 5.81. The quantitative estimate of drug-likeness (QED) is 0.556. The standard InChI is InChI=1S/C14H15ClN2O5/c1-14(19,12-3-2-4-22-12)8-16-7-9-5-10(15)6-11(13(9)18)17(20)21/h2-6,16,18-19H,7-8H2,1H3. The Hall–Kier alpha value is -2.09. The van der Waals surface area contributed by atoms with Gasteiger partial charge in [-0.05, 0) is 25.1 Å². The van der Waals surface area contributed by atoms with E-state index >= 15 is 0 Å². The Kier molecular flexibility index (Phi) is 4.70. The molecule has 1 heterocycles. The number of hydrogen-bond donors (Lipinski definition) is 3. The van der Waals surface area contributed by atoms with E-state index in [4.69, 9.17) is 16.0 Å². The van der Waals surface area contributed by atoms with Crippen LogP contribution in [0.15, 0.2) is 34.9 Å². The highest BCUT2D eigenvalue weighted by Gasteiger charge is 2.26. The first-order valence-electron chi connectivity index (χ1n) is 6.44. The van der Waals surface area contributed by atoms with Crippen LogP contribution >= 0.6 is 11.6 Å². The summed E-state index contributed by atoms with van der Waals surface area (Å²) in [7, 11) is 0. The Morgan fingerprint density at radius 2 is 2.23 bits per heavy atom. The van der Waals surface area contributed by atoms with Crippen LogP contribution in [0.2, 0.25) is 5.02 Å². The van der Waals surface area contributed by atoms with Crippen LogP contribution in [0, 0.1) is 10.1 Å². The number of phenols is 1. The van der Waals surface area contributed by atoms with Gasteiger partial charge in [0.05, 0.1) is 11.2 Å². The van der Waals surface area contributed by atoms with E-state index in [-0.39, 0.29) is 23.7 Å². The van der Waals surface area contributed by atoms with Crippen LogP contribution < -0.4 is 5.32 Å². The van der Waals surface area contributed by atoms with Crippen LogP contribution in [0.5, 0.6) is 5.75 Å². The number of nitro groups is 1. The smallest absolute Gasteiger partial charge is 0.312 e. The number of phenolic OH excluding ortho intramolecular Hbond substituents is 1. The number of nitrogens with one attached hydrogen (secondary N) is 1. The van der Waals surface area contributed by atoms with Crippen molar-refractivity contribution in [3.8, 4) is 5.75 Å². The second-order valence-corrected chi connectivity index (χ2v) is 5.48. The van der Waals surface area contributed by atoms with Crippen LogP contribution in [0.4, 0.5) is 5.69 Å². The van der Waals surface area contributed by atoms with Crippen LogP contribution in [-0.4, -0.2) is 21.7 Å². The van der Waals surface area contributed by atoms with Gasteiger partial charge in [0, 0.05) is 29.7 Å². The number of furan rings is 1. The second kappa shape index (κ2) is 6.35. The summed E-state index contributed by atoms with van der Waals surface area (Å²) in [6.07, 6.45) is 1.45. The maximum atomic E-state index is 10.8. The predicted molar refractivity (Wildman–Crippen MR) is 79.8 cm³/mol. The third-order valence-electron chi connectivity index (χ3n) is 3.17. The summed E-state index contributed by atoms with van der Waals surface area (Å²) in [5.41, 5.74) is -1.43. The molecule has 2 rings (SSSR count). The van der Waals surface area contributed by atoms with Crippen molar-refractivity contribution in [2.24, 2.45) is 0 Å². The molecule has 22 heavy (non-hydrogen) atoms. The highest BCUT2D eigenvalue weighted by Crippen LogP contribution is 2.33. The molecule has 7 nitrogen and oxygen atoms in total. The lowest BCUT2D eigenvalue weighted by Crippen LogP contribution is -2.34. The summed E-state index contributed by atoms with van der Waals surface area (Å²) in [5.74, 6) is -0.0548. The van der Waals surface area contributed by atoms with Gasteiger partial charge >= 0.3 is 5.69 Å². The molecule has 0 fully saturated rings. The molecule has 3 N–H and O–H groups in total. The summed E-state index contributed by atoms with van der Waals surface area (Å²) in [5, 5.41) is 34.0. The molecule has 8 heteroatoms. The number of benzene rings is 1. The summed E-state index contributed by atoms with van der Waals surface area (Å²) in [6, 6.07) is 5.82. The maximum Gasteiger partial charge on any atom is 0.312 e. The molecule has 1 unspecified atom stereocenters. The SMILES string of the molecule is CC(O)(CNCc1cc(Cl)cc([N+](=O)[O-])c1O)c1ccco1. The fourth-order valence-corrected chi connectivity index (χ4v) is 2.26. The van der Waals surface area contributed by atoms with Crippen molar-refractivity contribution in [1.29, 1.82) is 0 Å². The average molecular weight is 327 g/mol. The Bertz CT molecular complexity index is 670. The van der Waals surface area contributed by atoms with E-state index in [1.165, 1.54) is 12.3 Å². The Morgan fingerprint density at radius 1 is 1.50 bits per heavy atom. The van der Waals surface area contributed by atoms with E-state index < -0.39 is 22.0 Å². The number of aromatic hydroxyl groups is 1. The number of rotatable bonds is 6. The van der Waals surface area contributed by atoms with Gasteiger partial charge in [-0.2, -0.15) is 0 Å². The molecule has 118 valence electrons. The number of hydrogen-bond acceptors (Lipinski definition) is 6. The van der Waals surface area contributed by atoms with Crippen LogP contribution in [0.3, 0.4) is 0 Å². The molecule has 0 aliphatic heterocycles. The Balaban J connectivity index is 2.08. The molecule has 0 spiro atoms. The lowest BCUT2D eigenvalue weighted by molar-refractivity contribution is -0.385. The van der Waals surface area contributed by atoms with E-state index in [1.54, 1.807) is 19.1 Å². The third kappa shape index (κ3) is 3.56. The minimum Gasteiger partial charge on any atom is -0.502 e. The van der Waals surface area contributed by atoms with Crippen molar-refractivity contribution in [3.05, 3.63) is 57.0 Å². The first kappa shape index (κ1) is 16.3. The van der Waals surface area contributed by atoms with Gasteiger partial charge in [0.2, 0.25) is 0 Å². The lowest BCUT2D eigenvalue weighted by Gasteiger charge is -2.21. The van der Waals surface area contributed by atoms with Crippen LogP contribution in [-0.2, 0) is 12.1 Å². The molecule has 0 amide bonds. The molecule has 1 aromatic carbocycles. The minimum atomic E-state index is -1.25. The first-order chi connectivity index (χ1) is 10.3. The van der Waals surface area contributed by atoms with E-state index in [2.05, 4.69) is 5.32 Å². The monoisotopic (exact) mass is 326 g/mol. The van der Waals surface area contributed by atoms with Crippen molar-refractivity contribution < 1.29 is 19.6 Å². The van der Waals surface area contributed by atoms with Crippen molar-refractivity contribution in [2.75, 3.05) is 6.54 Å². The Morgan fingerprint density at radius 3 is 2.82 bits per heavy atom. The van der Waals surface area contributed by atoms with E-state index in [0.717, 1.165) is 6.07 Å². The number of halogens is 1. The summed E-state index contributed by atoms with van der Waals surface area (Å²) in [6.45, 7) is 1.80. The number of nitrogens with zero attached hydrogens (tertiary/aromatic N) is 1. The molecular weight excluding hydrogens is 312 g/mol. The molecule has 0 saturated carbocycles. The molecule has 0 aliphatic rings. The van der Waals surface area contributed by atoms with Gasteiger partial charge < -0.3 is 19.9 Å². The van der Waals surface area contributed by atoms with Gasteiger partial charge in [-0.25, -0.2) is 0 Å². The highest BCUT2D eigenvalue weighted by molar-refractivity contribution is 6.31. The van der Waals surface area contributed by atoms with Gasteiger partial charge in [-0.3, -0.25) is 10.1 Å². The van der Waals surface area contributed by atoms with Gasteiger partial charge in [0.25, 0.3) is 0 Å². The van der Waals surface area contributed by atoms with Crippen molar-refractivity contribution >= 4 is 17.3 Å². The van der Waals surface area contributed by atoms with Gasteiger partial charge in [-0.15, -0.1) is 0 Å². The molecule has 2 aromatic rings.